The summed E-state index contributed by atoms with van der Waals surface area (Å²) in [4.78, 5) is 10.5. The average molecular weight is 204 g/mol. The van der Waals surface area contributed by atoms with Crippen molar-refractivity contribution in [3.63, 3.8) is 0 Å². The molecular weight excluding hydrogens is 192 g/mol. The van der Waals surface area contributed by atoms with Gasteiger partial charge in [0.15, 0.2) is 0 Å². The molecule has 4 heteroatoms. The number of carboxylic acids is 1. The van der Waals surface area contributed by atoms with Crippen LogP contribution in [0.1, 0.15) is 6.92 Å². The summed E-state index contributed by atoms with van der Waals surface area (Å²) in [5.74, 6) is 1.79. The smallest absolute Gasteiger partial charge is 0.330 e. The van der Waals surface area contributed by atoms with Gasteiger partial charge in [-0.15, -0.1) is 0 Å². The zero-order valence-corrected chi connectivity index (χ0v) is 8.58. The van der Waals surface area contributed by atoms with Crippen LogP contribution in [0, 0.1) is 5.92 Å². The molecule has 0 amide bonds. The van der Waals surface area contributed by atoms with E-state index in [4.69, 9.17) is 5.11 Å². The van der Waals surface area contributed by atoms with Crippen LogP contribution in [0.4, 0.5) is 0 Å². The van der Waals surface area contributed by atoms with Crippen LogP contribution >= 0.6 is 23.5 Å². The minimum absolute atomic E-state index is 0.449. The zero-order valence-electron chi connectivity index (χ0n) is 6.95. The molecule has 0 saturated carbocycles. The van der Waals surface area contributed by atoms with Gasteiger partial charge in [0.25, 0.3) is 0 Å². The fraction of sp³-hybridized carbons (Fsp3) is 0.625. The van der Waals surface area contributed by atoms with E-state index >= 15 is 0 Å². The quantitative estimate of drug-likeness (QED) is 0.699. The molecule has 12 heavy (non-hydrogen) atoms. The Labute approximate surface area is 80.8 Å². The summed E-state index contributed by atoms with van der Waals surface area (Å²) >= 11 is 3.76. The lowest BCUT2D eigenvalue weighted by Gasteiger charge is -2.17. The number of allylic oxidation sites excluding steroid dienone is 1. The van der Waals surface area contributed by atoms with Crippen molar-refractivity contribution in [1.29, 1.82) is 0 Å². The van der Waals surface area contributed by atoms with Crippen LogP contribution in [-0.4, -0.2) is 27.7 Å². The lowest BCUT2D eigenvalue weighted by Crippen LogP contribution is -2.11. The van der Waals surface area contributed by atoms with E-state index in [0.29, 0.717) is 11.5 Å². The van der Waals surface area contributed by atoms with Gasteiger partial charge in [-0.05, 0) is 12.8 Å². The third-order valence-corrected chi connectivity index (χ3v) is 4.31. The molecular formula is C8H12O2S2. The highest BCUT2D eigenvalue weighted by Crippen LogP contribution is 2.26. The summed E-state index contributed by atoms with van der Waals surface area (Å²) in [5.41, 5.74) is 0.475. The maximum atomic E-state index is 10.5. The van der Waals surface area contributed by atoms with E-state index in [1.165, 1.54) is 0 Å². The average Bonchev–Trinajstić information content (AvgIpc) is 2.06. The van der Waals surface area contributed by atoms with Gasteiger partial charge in [0.2, 0.25) is 0 Å². The highest BCUT2D eigenvalue weighted by molar-refractivity contribution is 8.16. The Morgan fingerprint density at radius 1 is 1.50 bits per heavy atom. The predicted octanol–water partition coefficient (Wildman–Crippen LogP) is 2.07. The lowest BCUT2D eigenvalue weighted by atomic mass is 10.1. The number of hydrogen-bond donors (Lipinski definition) is 1. The van der Waals surface area contributed by atoms with E-state index in [9.17, 15) is 4.79 Å². The summed E-state index contributed by atoms with van der Waals surface area (Å²) in [6.07, 6.45) is 1.88. The first-order chi connectivity index (χ1) is 5.70. The number of hydrogen-bond acceptors (Lipinski definition) is 3. The molecule has 0 bridgehead atoms. The molecule has 0 aromatic rings. The highest BCUT2D eigenvalue weighted by Gasteiger charge is 2.13. The number of aliphatic carboxylic acids is 1. The third-order valence-electron chi connectivity index (χ3n) is 1.65. The van der Waals surface area contributed by atoms with Crippen molar-refractivity contribution in [3.05, 3.63) is 11.6 Å². The second-order valence-corrected chi connectivity index (χ2v) is 5.20. The second-order valence-electron chi connectivity index (χ2n) is 2.77. The van der Waals surface area contributed by atoms with Gasteiger partial charge in [-0.3, -0.25) is 0 Å². The Morgan fingerprint density at radius 3 is 2.58 bits per heavy atom. The fourth-order valence-corrected chi connectivity index (χ4v) is 3.45. The van der Waals surface area contributed by atoms with Gasteiger partial charge in [0.05, 0.1) is 0 Å². The largest absolute Gasteiger partial charge is 0.478 e. The van der Waals surface area contributed by atoms with Crippen LogP contribution in [-0.2, 0) is 4.79 Å². The topological polar surface area (TPSA) is 37.3 Å². The molecule has 0 aromatic heterocycles. The molecule has 2 nitrogen and oxygen atoms in total. The molecule has 1 saturated heterocycles. The number of carbonyl (C=O) groups is 1. The standard InChI is InChI=1S/C8H12O2S2/c1-6(8(9)10)2-7-3-11-5-12-4-7/h2,7H,3-5H2,1H3,(H,9,10)/b6-2+. The van der Waals surface area contributed by atoms with Crippen molar-refractivity contribution >= 4 is 29.5 Å². The van der Waals surface area contributed by atoms with Gasteiger partial charge >= 0.3 is 5.97 Å². The maximum Gasteiger partial charge on any atom is 0.330 e. The van der Waals surface area contributed by atoms with Crippen LogP contribution < -0.4 is 0 Å². The van der Waals surface area contributed by atoms with Crippen LogP contribution in [0.2, 0.25) is 0 Å². The minimum Gasteiger partial charge on any atom is -0.478 e. The monoisotopic (exact) mass is 204 g/mol. The van der Waals surface area contributed by atoms with Gasteiger partial charge in [-0.25, -0.2) is 4.79 Å². The number of rotatable bonds is 2. The molecule has 1 N–H and O–H groups in total. The third kappa shape index (κ3) is 3.11. The molecule has 1 rings (SSSR count). The van der Waals surface area contributed by atoms with Gasteiger partial charge in [-0.2, -0.15) is 23.5 Å². The van der Waals surface area contributed by atoms with E-state index in [1.807, 2.05) is 29.6 Å². The Morgan fingerprint density at radius 2 is 2.08 bits per heavy atom. The Bertz CT molecular complexity index is 195. The van der Waals surface area contributed by atoms with E-state index < -0.39 is 5.97 Å². The molecule has 0 aliphatic carbocycles. The van der Waals surface area contributed by atoms with Crippen LogP contribution in [0.3, 0.4) is 0 Å². The number of carboxylic acid groups (broad SMARTS) is 1. The molecule has 1 aliphatic heterocycles. The summed E-state index contributed by atoms with van der Waals surface area (Å²) in [6.45, 7) is 1.66. The van der Waals surface area contributed by atoms with Crippen LogP contribution in [0.25, 0.3) is 0 Å². The normalized spacial score (nSPS) is 20.9. The summed E-state index contributed by atoms with van der Waals surface area (Å²) in [6, 6.07) is 0. The second kappa shape index (κ2) is 4.82. The zero-order chi connectivity index (χ0) is 8.97. The first-order valence-corrected chi connectivity index (χ1v) is 6.08. The molecule has 0 atom stereocenters. The molecule has 0 spiro atoms. The van der Waals surface area contributed by atoms with Crippen LogP contribution in [0.15, 0.2) is 11.6 Å². The Hall–Kier alpha value is -0.0900. The molecule has 0 radical (unpaired) electrons. The SMILES string of the molecule is C/C(=C\C1CSCSC1)C(=O)O. The Kier molecular flexibility index (Phi) is 4.01. The number of thioether (sulfide) groups is 2. The van der Waals surface area contributed by atoms with Gasteiger partial charge < -0.3 is 5.11 Å². The molecule has 1 aliphatic rings. The van der Waals surface area contributed by atoms with Crippen molar-refractivity contribution in [2.45, 2.75) is 6.92 Å². The first kappa shape index (κ1) is 9.99. The van der Waals surface area contributed by atoms with Crippen molar-refractivity contribution < 1.29 is 9.90 Å². The minimum atomic E-state index is -0.796. The van der Waals surface area contributed by atoms with Gasteiger partial charge in [-0.1, -0.05) is 6.08 Å². The molecule has 0 aromatic carbocycles. The van der Waals surface area contributed by atoms with Crippen molar-refractivity contribution in [1.82, 2.24) is 0 Å². The van der Waals surface area contributed by atoms with E-state index in [2.05, 4.69) is 0 Å². The van der Waals surface area contributed by atoms with E-state index in [1.54, 1.807) is 6.92 Å². The van der Waals surface area contributed by atoms with Gasteiger partial charge in [0, 0.05) is 22.2 Å². The molecule has 0 unspecified atom stereocenters. The highest BCUT2D eigenvalue weighted by atomic mass is 32.2. The maximum absolute atomic E-state index is 10.5. The van der Waals surface area contributed by atoms with Crippen molar-refractivity contribution in [2.24, 2.45) is 5.92 Å². The predicted molar refractivity (Wildman–Crippen MR) is 54.7 cm³/mol. The summed E-state index contributed by atoms with van der Waals surface area (Å²) in [7, 11) is 0. The Balaban J connectivity index is 2.47. The molecule has 1 fully saturated rings. The fourth-order valence-electron chi connectivity index (χ4n) is 1.03. The van der Waals surface area contributed by atoms with E-state index in [-0.39, 0.29) is 0 Å². The summed E-state index contributed by atoms with van der Waals surface area (Å²) in [5, 5.41) is 9.78. The first-order valence-electron chi connectivity index (χ1n) is 3.77. The van der Waals surface area contributed by atoms with Crippen LogP contribution in [0.5, 0.6) is 0 Å². The van der Waals surface area contributed by atoms with Gasteiger partial charge in [0.1, 0.15) is 0 Å². The molecule has 1 heterocycles. The summed E-state index contributed by atoms with van der Waals surface area (Å²) < 4.78 is 0. The lowest BCUT2D eigenvalue weighted by molar-refractivity contribution is -0.132. The van der Waals surface area contributed by atoms with Crippen molar-refractivity contribution in [3.8, 4) is 0 Å². The van der Waals surface area contributed by atoms with Crippen molar-refractivity contribution in [2.75, 3.05) is 16.6 Å². The van der Waals surface area contributed by atoms with E-state index in [0.717, 1.165) is 16.6 Å². The molecule has 68 valence electrons.